The highest BCUT2D eigenvalue weighted by atomic mass is 19.1. The molecule has 2 fully saturated rings. The molecular formula is C20H23FN6O. The number of halogens is 1. The molecule has 0 N–H and O–H groups in total. The lowest BCUT2D eigenvalue weighted by Crippen LogP contribution is -2.38. The summed E-state index contributed by atoms with van der Waals surface area (Å²) < 4.78 is 19.4. The van der Waals surface area contributed by atoms with Gasteiger partial charge in [0.25, 0.3) is 0 Å². The predicted octanol–water partition coefficient (Wildman–Crippen LogP) is 2.04. The number of likely N-dealkylation sites (N-methyl/N-ethyl adjacent to an activating group) is 1. The van der Waals surface area contributed by atoms with Crippen molar-refractivity contribution in [3.8, 4) is 6.07 Å². The average molecular weight is 382 g/mol. The summed E-state index contributed by atoms with van der Waals surface area (Å²) in [5.41, 5.74) is 0.886. The fourth-order valence-corrected chi connectivity index (χ4v) is 3.72. The number of nitrogens with zero attached hydrogens (tertiary/aromatic N) is 6. The summed E-state index contributed by atoms with van der Waals surface area (Å²) in [4.78, 5) is 15.6. The summed E-state index contributed by atoms with van der Waals surface area (Å²) in [6, 6.07) is 8.86. The lowest BCUT2D eigenvalue weighted by molar-refractivity contribution is 0.122. The maximum absolute atomic E-state index is 14.0. The van der Waals surface area contributed by atoms with Gasteiger partial charge >= 0.3 is 0 Å². The standard InChI is InChI=1S/C20H23FN6O/c1-25(19-4-6-23-20(24-19)26-8-10-28-11-9-26)17-5-7-27(14-17)16-3-2-15(13-22)18(21)12-16/h2-4,6,12,17H,5,7-11,14H2,1H3. The van der Waals surface area contributed by atoms with Crippen LogP contribution in [0.15, 0.2) is 30.5 Å². The van der Waals surface area contributed by atoms with E-state index in [1.165, 1.54) is 6.07 Å². The highest BCUT2D eigenvalue weighted by Crippen LogP contribution is 2.26. The molecule has 8 heteroatoms. The second kappa shape index (κ2) is 7.98. The van der Waals surface area contributed by atoms with E-state index in [4.69, 9.17) is 15.0 Å². The average Bonchev–Trinajstić information content (AvgIpc) is 3.24. The zero-order chi connectivity index (χ0) is 19.5. The summed E-state index contributed by atoms with van der Waals surface area (Å²) in [6.45, 7) is 4.61. The molecule has 28 heavy (non-hydrogen) atoms. The van der Waals surface area contributed by atoms with Gasteiger partial charge in [-0.1, -0.05) is 0 Å². The van der Waals surface area contributed by atoms with Crippen LogP contribution in [0.5, 0.6) is 0 Å². The fourth-order valence-electron chi connectivity index (χ4n) is 3.72. The number of benzene rings is 1. The third-order valence-electron chi connectivity index (χ3n) is 5.43. The van der Waals surface area contributed by atoms with E-state index in [-0.39, 0.29) is 11.6 Å². The smallest absolute Gasteiger partial charge is 0.227 e. The van der Waals surface area contributed by atoms with Gasteiger partial charge in [-0.15, -0.1) is 0 Å². The summed E-state index contributed by atoms with van der Waals surface area (Å²) in [7, 11) is 2.04. The normalized spacial score (nSPS) is 19.5. The van der Waals surface area contributed by atoms with E-state index in [0.29, 0.717) is 13.2 Å². The molecule has 0 bridgehead atoms. The van der Waals surface area contributed by atoms with Crippen LogP contribution in [0.3, 0.4) is 0 Å². The minimum Gasteiger partial charge on any atom is -0.378 e. The van der Waals surface area contributed by atoms with Crippen molar-refractivity contribution in [3.05, 3.63) is 41.8 Å². The van der Waals surface area contributed by atoms with Gasteiger partial charge in [-0.05, 0) is 30.7 Å². The Morgan fingerprint density at radius 1 is 1.21 bits per heavy atom. The SMILES string of the molecule is CN(c1ccnc(N2CCOCC2)n1)C1CCN(c2ccc(C#N)c(F)c2)C1. The Balaban J connectivity index is 1.45. The van der Waals surface area contributed by atoms with Gasteiger partial charge in [0.1, 0.15) is 17.7 Å². The zero-order valence-electron chi connectivity index (χ0n) is 15.9. The summed E-state index contributed by atoms with van der Waals surface area (Å²) in [6.07, 6.45) is 2.75. The van der Waals surface area contributed by atoms with E-state index in [2.05, 4.69) is 19.7 Å². The Labute approximate surface area is 164 Å². The molecule has 2 aliphatic heterocycles. The Kier molecular flexibility index (Phi) is 5.26. The Hall–Kier alpha value is -2.92. The molecule has 1 aromatic carbocycles. The van der Waals surface area contributed by atoms with Gasteiger partial charge in [-0.2, -0.15) is 10.2 Å². The largest absolute Gasteiger partial charge is 0.378 e. The number of nitriles is 1. The van der Waals surface area contributed by atoms with Crippen LogP contribution in [0, 0.1) is 17.1 Å². The van der Waals surface area contributed by atoms with E-state index in [9.17, 15) is 4.39 Å². The van der Waals surface area contributed by atoms with Gasteiger partial charge in [0, 0.05) is 51.2 Å². The van der Waals surface area contributed by atoms with Crippen molar-refractivity contribution in [1.29, 1.82) is 5.26 Å². The predicted molar refractivity (Wildman–Crippen MR) is 105 cm³/mol. The molecule has 4 rings (SSSR count). The first-order valence-electron chi connectivity index (χ1n) is 9.49. The number of hydrogen-bond acceptors (Lipinski definition) is 7. The van der Waals surface area contributed by atoms with E-state index in [1.807, 2.05) is 25.2 Å². The molecule has 0 spiro atoms. The van der Waals surface area contributed by atoms with Gasteiger partial charge in [-0.25, -0.2) is 9.37 Å². The first kappa shape index (κ1) is 18.4. The zero-order valence-corrected chi connectivity index (χ0v) is 15.9. The van der Waals surface area contributed by atoms with Crippen LogP contribution < -0.4 is 14.7 Å². The maximum Gasteiger partial charge on any atom is 0.227 e. The van der Waals surface area contributed by atoms with Gasteiger partial charge in [0.15, 0.2) is 0 Å². The molecule has 3 heterocycles. The van der Waals surface area contributed by atoms with Gasteiger partial charge < -0.3 is 19.4 Å². The van der Waals surface area contributed by atoms with Crippen LogP contribution >= 0.6 is 0 Å². The van der Waals surface area contributed by atoms with Crippen LogP contribution in [0.1, 0.15) is 12.0 Å². The summed E-state index contributed by atoms with van der Waals surface area (Å²) >= 11 is 0. The number of ether oxygens (including phenoxy) is 1. The Morgan fingerprint density at radius 2 is 2.04 bits per heavy atom. The summed E-state index contributed by atoms with van der Waals surface area (Å²) in [5.74, 6) is 1.15. The molecule has 1 unspecified atom stereocenters. The van der Waals surface area contributed by atoms with Crippen molar-refractivity contribution in [2.75, 3.05) is 61.1 Å². The highest BCUT2D eigenvalue weighted by molar-refractivity contribution is 5.53. The fraction of sp³-hybridized carbons (Fsp3) is 0.450. The lowest BCUT2D eigenvalue weighted by atomic mass is 10.2. The molecule has 0 saturated carbocycles. The minimum atomic E-state index is -0.470. The number of anilines is 3. The highest BCUT2D eigenvalue weighted by Gasteiger charge is 2.27. The quantitative estimate of drug-likeness (QED) is 0.801. The van der Waals surface area contributed by atoms with E-state index in [0.717, 1.165) is 50.1 Å². The van der Waals surface area contributed by atoms with Gasteiger partial charge in [-0.3, -0.25) is 0 Å². The van der Waals surface area contributed by atoms with Crippen LogP contribution in [-0.4, -0.2) is 62.5 Å². The number of rotatable bonds is 4. The van der Waals surface area contributed by atoms with Crippen molar-refractivity contribution in [3.63, 3.8) is 0 Å². The summed E-state index contributed by atoms with van der Waals surface area (Å²) in [5, 5.41) is 8.90. The molecule has 0 amide bonds. The molecule has 2 aromatic rings. The van der Waals surface area contributed by atoms with Gasteiger partial charge in [0.2, 0.25) is 5.95 Å². The number of aromatic nitrogens is 2. The van der Waals surface area contributed by atoms with Crippen LogP contribution in [-0.2, 0) is 4.74 Å². The van der Waals surface area contributed by atoms with Crippen molar-refractivity contribution in [1.82, 2.24) is 9.97 Å². The number of hydrogen-bond donors (Lipinski definition) is 0. The topological polar surface area (TPSA) is 68.5 Å². The molecule has 2 aliphatic rings. The Bertz CT molecular complexity index is 879. The van der Waals surface area contributed by atoms with Crippen molar-refractivity contribution in [2.45, 2.75) is 12.5 Å². The maximum atomic E-state index is 14.0. The van der Waals surface area contributed by atoms with Crippen LogP contribution in [0.2, 0.25) is 0 Å². The van der Waals surface area contributed by atoms with Crippen LogP contribution in [0.4, 0.5) is 21.8 Å². The van der Waals surface area contributed by atoms with Crippen molar-refractivity contribution >= 4 is 17.5 Å². The van der Waals surface area contributed by atoms with Gasteiger partial charge in [0.05, 0.1) is 18.8 Å². The molecule has 146 valence electrons. The molecule has 1 aromatic heterocycles. The lowest BCUT2D eigenvalue weighted by Gasteiger charge is -2.29. The molecule has 7 nitrogen and oxygen atoms in total. The minimum absolute atomic E-state index is 0.0771. The second-order valence-corrected chi connectivity index (χ2v) is 7.09. The monoisotopic (exact) mass is 382 g/mol. The second-order valence-electron chi connectivity index (χ2n) is 7.09. The molecule has 0 radical (unpaired) electrons. The first-order valence-corrected chi connectivity index (χ1v) is 9.49. The van der Waals surface area contributed by atoms with Crippen molar-refractivity contribution < 1.29 is 9.13 Å². The first-order chi connectivity index (χ1) is 13.7. The van der Waals surface area contributed by atoms with Crippen molar-refractivity contribution in [2.24, 2.45) is 0 Å². The Morgan fingerprint density at radius 3 is 2.79 bits per heavy atom. The molecular weight excluding hydrogens is 359 g/mol. The van der Waals surface area contributed by atoms with E-state index < -0.39 is 5.82 Å². The third-order valence-corrected chi connectivity index (χ3v) is 5.43. The molecule has 2 saturated heterocycles. The number of morpholine rings is 1. The van der Waals surface area contributed by atoms with E-state index in [1.54, 1.807) is 12.3 Å². The van der Waals surface area contributed by atoms with E-state index >= 15 is 0 Å². The van der Waals surface area contributed by atoms with Crippen LogP contribution in [0.25, 0.3) is 0 Å². The molecule has 1 atom stereocenters. The third kappa shape index (κ3) is 3.71. The molecule has 0 aliphatic carbocycles.